The summed E-state index contributed by atoms with van der Waals surface area (Å²) in [6.45, 7) is 8.10. The van der Waals surface area contributed by atoms with Crippen molar-refractivity contribution in [3.05, 3.63) is 34.3 Å². The molecular formula is C15H21BrN2O. The number of halogens is 1. The molecule has 1 amide bonds. The van der Waals surface area contributed by atoms with Crippen molar-refractivity contribution < 1.29 is 4.79 Å². The van der Waals surface area contributed by atoms with Crippen LogP contribution in [0.5, 0.6) is 0 Å². The maximum atomic E-state index is 12.2. The molecular weight excluding hydrogens is 304 g/mol. The van der Waals surface area contributed by atoms with Crippen LogP contribution in [0.3, 0.4) is 0 Å². The highest BCUT2D eigenvalue weighted by Crippen LogP contribution is 2.13. The van der Waals surface area contributed by atoms with Crippen molar-refractivity contribution in [2.24, 2.45) is 0 Å². The molecule has 1 aromatic carbocycles. The number of nitrogens with zero attached hydrogens (tertiary/aromatic N) is 2. The molecule has 3 nitrogen and oxygen atoms in total. The zero-order valence-corrected chi connectivity index (χ0v) is 13.2. The van der Waals surface area contributed by atoms with E-state index in [-0.39, 0.29) is 5.91 Å². The fourth-order valence-corrected chi connectivity index (χ4v) is 2.64. The minimum atomic E-state index is 0.241. The summed E-state index contributed by atoms with van der Waals surface area (Å²) in [7, 11) is 0. The molecule has 0 unspecified atom stereocenters. The summed E-state index contributed by atoms with van der Waals surface area (Å²) in [6.07, 6.45) is 0.509. The van der Waals surface area contributed by atoms with E-state index in [1.54, 1.807) is 0 Å². The van der Waals surface area contributed by atoms with Crippen molar-refractivity contribution in [3.8, 4) is 0 Å². The highest BCUT2D eigenvalue weighted by Gasteiger charge is 2.22. The van der Waals surface area contributed by atoms with Gasteiger partial charge in [0.25, 0.3) is 0 Å². The van der Waals surface area contributed by atoms with Gasteiger partial charge in [-0.15, -0.1) is 0 Å². The Kier molecular flexibility index (Phi) is 4.99. The molecule has 19 heavy (non-hydrogen) atoms. The first-order valence-corrected chi connectivity index (χ1v) is 7.62. The summed E-state index contributed by atoms with van der Waals surface area (Å²) in [4.78, 5) is 16.6. The Labute approximate surface area is 123 Å². The van der Waals surface area contributed by atoms with Crippen molar-refractivity contribution in [2.75, 3.05) is 26.2 Å². The Hall–Kier alpha value is -0.870. The van der Waals surface area contributed by atoms with Gasteiger partial charge in [0.05, 0.1) is 6.42 Å². The van der Waals surface area contributed by atoms with Gasteiger partial charge in [-0.25, -0.2) is 0 Å². The van der Waals surface area contributed by atoms with Crippen molar-refractivity contribution in [3.63, 3.8) is 0 Å². The van der Waals surface area contributed by atoms with Crippen LogP contribution in [-0.2, 0) is 11.2 Å². The van der Waals surface area contributed by atoms with Crippen molar-refractivity contribution >= 4 is 21.8 Å². The Morgan fingerprint density at radius 3 is 2.26 bits per heavy atom. The van der Waals surface area contributed by atoms with Gasteiger partial charge in [-0.05, 0) is 31.5 Å². The van der Waals surface area contributed by atoms with Gasteiger partial charge >= 0.3 is 0 Å². The predicted octanol–water partition coefficient (Wildman–Crippen LogP) is 2.54. The molecule has 0 aliphatic carbocycles. The molecule has 0 aromatic heterocycles. The first-order valence-electron chi connectivity index (χ1n) is 6.82. The third kappa shape index (κ3) is 4.05. The molecule has 1 aliphatic heterocycles. The second-order valence-corrected chi connectivity index (χ2v) is 6.23. The number of carbonyl (C=O) groups excluding carboxylic acids is 1. The van der Waals surface area contributed by atoms with Crippen molar-refractivity contribution in [1.29, 1.82) is 0 Å². The molecule has 0 radical (unpaired) electrons. The van der Waals surface area contributed by atoms with E-state index in [0.29, 0.717) is 12.5 Å². The van der Waals surface area contributed by atoms with E-state index >= 15 is 0 Å². The lowest BCUT2D eigenvalue weighted by atomic mass is 10.1. The predicted molar refractivity (Wildman–Crippen MR) is 81.1 cm³/mol. The lowest BCUT2D eigenvalue weighted by molar-refractivity contribution is -0.132. The van der Waals surface area contributed by atoms with Crippen LogP contribution in [0, 0.1) is 0 Å². The Balaban J connectivity index is 1.86. The molecule has 104 valence electrons. The molecule has 4 heteroatoms. The second kappa shape index (κ2) is 6.53. The molecule has 2 rings (SSSR count). The molecule has 1 saturated heterocycles. The van der Waals surface area contributed by atoms with Gasteiger partial charge in [0, 0.05) is 36.7 Å². The molecule has 1 aliphatic rings. The fraction of sp³-hybridized carbons (Fsp3) is 0.533. The number of benzene rings is 1. The van der Waals surface area contributed by atoms with E-state index in [2.05, 4.69) is 34.7 Å². The van der Waals surface area contributed by atoms with Crippen LogP contribution >= 0.6 is 15.9 Å². The average Bonchev–Trinajstić information content (AvgIpc) is 2.41. The van der Waals surface area contributed by atoms with Gasteiger partial charge in [0.1, 0.15) is 0 Å². The van der Waals surface area contributed by atoms with Crippen molar-refractivity contribution in [1.82, 2.24) is 9.80 Å². The Bertz CT molecular complexity index is 422. The van der Waals surface area contributed by atoms with Crippen LogP contribution in [0.1, 0.15) is 19.4 Å². The van der Waals surface area contributed by atoms with E-state index in [1.807, 2.05) is 29.2 Å². The van der Waals surface area contributed by atoms with E-state index < -0.39 is 0 Å². The van der Waals surface area contributed by atoms with Gasteiger partial charge in [0.2, 0.25) is 5.91 Å². The topological polar surface area (TPSA) is 23.6 Å². The number of hydrogen-bond donors (Lipinski definition) is 0. The smallest absolute Gasteiger partial charge is 0.227 e. The number of amides is 1. The molecule has 1 fully saturated rings. The average molecular weight is 325 g/mol. The lowest BCUT2D eigenvalue weighted by Gasteiger charge is -2.37. The summed E-state index contributed by atoms with van der Waals surface area (Å²) < 4.78 is 1.05. The molecule has 1 aromatic rings. The van der Waals surface area contributed by atoms with Gasteiger partial charge in [0.15, 0.2) is 0 Å². The van der Waals surface area contributed by atoms with Crippen LogP contribution < -0.4 is 0 Å². The largest absolute Gasteiger partial charge is 0.340 e. The van der Waals surface area contributed by atoms with Crippen LogP contribution in [0.25, 0.3) is 0 Å². The summed E-state index contributed by atoms with van der Waals surface area (Å²) in [5, 5.41) is 0. The van der Waals surface area contributed by atoms with Crippen molar-refractivity contribution in [2.45, 2.75) is 26.3 Å². The zero-order chi connectivity index (χ0) is 13.8. The third-order valence-corrected chi connectivity index (χ3v) is 4.19. The number of hydrogen-bond acceptors (Lipinski definition) is 2. The molecule has 0 atom stereocenters. The molecule has 0 spiro atoms. The minimum Gasteiger partial charge on any atom is -0.340 e. The molecule has 0 saturated carbocycles. The standard InChI is InChI=1S/C15H21BrN2O/c1-12(2)17-7-9-18(10-8-17)15(19)11-13-3-5-14(16)6-4-13/h3-6,12H,7-11H2,1-2H3. The fourth-order valence-electron chi connectivity index (χ4n) is 2.38. The highest BCUT2D eigenvalue weighted by molar-refractivity contribution is 9.10. The Morgan fingerprint density at radius 1 is 1.16 bits per heavy atom. The summed E-state index contributed by atoms with van der Waals surface area (Å²) >= 11 is 3.41. The maximum absolute atomic E-state index is 12.2. The summed E-state index contributed by atoms with van der Waals surface area (Å²) in [5.41, 5.74) is 1.08. The lowest BCUT2D eigenvalue weighted by Crippen LogP contribution is -2.51. The normalized spacial score (nSPS) is 16.9. The van der Waals surface area contributed by atoms with E-state index in [1.165, 1.54) is 0 Å². The summed E-state index contributed by atoms with van der Waals surface area (Å²) in [5.74, 6) is 0.241. The van der Waals surface area contributed by atoms with Gasteiger partial charge in [-0.2, -0.15) is 0 Å². The molecule has 0 N–H and O–H groups in total. The van der Waals surface area contributed by atoms with E-state index in [4.69, 9.17) is 0 Å². The van der Waals surface area contributed by atoms with Crippen LogP contribution in [-0.4, -0.2) is 47.9 Å². The Morgan fingerprint density at radius 2 is 1.74 bits per heavy atom. The van der Waals surface area contributed by atoms with E-state index in [9.17, 15) is 4.79 Å². The van der Waals surface area contributed by atoms with Gasteiger partial charge < -0.3 is 4.90 Å². The van der Waals surface area contributed by atoms with Crippen LogP contribution in [0.15, 0.2) is 28.7 Å². The number of piperazine rings is 1. The third-order valence-electron chi connectivity index (χ3n) is 3.67. The number of carbonyl (C=O) groups is 1. The van der Waals surface area contributed by atoms with Gasteiger partial charge in [-0.3, -0.25) is 9.69 Å². The molecule has 1 heterocycles. The minimum absolute atomic E-state index is 0.241. The van der Waals surface area contributed by atoms with Crippen LogP contribution in [0.2, 0.25) is 0 Å². The van der Waals surface area contributed by atoms with Crippen LogP contribution in [0.4, 0.5) is 0 Å². The van der Waals surface area contributed by atoms with Gasteiger partial charge in [-0.1, -0.05) is 28.1 Å². The second-order valence-electron chi connectivity index (χ2n) is 5.31. The first kappa shape index (κ1) is 14.5. The zero-order valence-electron chi connectivity index (χ0n) is 11.6. The molecule has 0 bridgehead atoms. The van der Waals surface area contributed by atoms with E-state index in [0.717, 1.165) is 36.2 Å². The quantitative estimate of drug-likeness (QED) is 0.853. The highest BCUT2D eigenvalue weighted by atomic mass is 79.9. The number of rotatable bonds is 3. The monoisotopic (exact) mass is 324 g/mol. The SMILES string of the molecule is CC(C)N1CCN(C(=O)Cc2ccc(Br)cc2)CC1. The summed E-state index contributed by atoms with van der Waals surface area (Å²) in [6, 6.07) is 8.56. The maximum Gasteiger partial charge on any atom is 0.227 e. The first-order chi connectivity index (χ1) is 9.06.